The molecule has 0 saturated heterocycles. The third kappa shape index (κ3) is 7.47. The third-order valence-corrected chi connectivity index (χ3v) is 6.46. The van der Waals surface area contributed by atoms with Gasteiger partial charge in [-0.15, -0.1) is 0 Å². The molecule has 0 aliphatic carbocycles. The van der Waals surface area contributed by atoms with Gasteiger partial charge < -0.3 is 14.8 Å². The second kappa shape index (κ2) is 11.3. The minimum atomic E-state index is -3.60. The first-order valence-corrected chi connectivity index (χ1v) is 12.0. The van der Waals surface area contributed by atoms with E-state index in [2.05, 4.69) is 5.32 Å². The minimum absolute atomic E-state index is 0.139. The molecule has 0 bridgehead atoms. The predicted molar refractivity (Wildman–Crippen MR) is 125 cm³/mol. The van der Waals surface area contributed by atoms with Gasteiger partial charge in [0.1, 0.15) is 12.4 Å². The maximum Gasteiger partial charge on any atom is 0.307 e. The van der Waals surface area contributed by atoms with Crippen LogP contribution in [0.1, 0.15) is 18.9 Å². The van der Waals surface area contributed by atoms with Gasteiger partial charge in [-0.3, -0.25) is 9.59 Å². The van der Waals surface area contributed by atoms with Gasteiger partial charge in [0, 0.05) is 5.69 Å². The average Bonchev–Trinajstić information content (AvgIpc) is 2.83. The van der Waals surface area contributed by atoms with E-state index < -0.39 is 33.6 Å². The Bertz CT molecular complexity index is 1160. The molecule has 8 heteroatoms. The number of sulfone groups is 1. The Kier molecular flexibility index (Phi) is 8.21. The molecule has 1 unspecified atom stereocenters. The molecule has 0 spiro atoms. The van der Waals surface area contributed by atoms with Crippen LogP contribution in [0.15, 0.2) is 89.8 Å². The van der Waals surface area contributed by atoms with Crippen molar-refractivity contribution < 1.29 is 27.5 Å². The quantitative estimate of drug-likeness (QED) is 0.453. The third-order valence-electron chi connectivity index (χ3n) is 4.72. The van der Waals surface area contributed by atoms with Gasteiger partial charge in [-0.1, -0.05) is 48.5 Å². The van der Waals surface area contributed by atoms with Crippen LogP contribution in [0.5, 0.6) is 5.75 Å². The van der Waals surface area contributed by atoms with Crippen molar-refractivity contribution in [1.82, 2.24) is 0 Å². The maximum absolute atomic E-state index is 12.3. The SMILES string of the molecule is CC(OC(=O)CCS(=O)(=O)c1ccccc1)C(=O)Nc1ccc(OCc2ccccc2)cc1. The van der Waals surface area contributed by atoms with Crippen molar-refractivity contribution >= 4 is 27.4 Å². The molecule has 0 fully saturated rings. The summed E-state index contributed by atoms with van der Waals surface area (Å²) in [6.45, 7) is 1.86. The lowest BCUT2D eigenvalue weighted by Crippen LogP contribution is -2.30. The fourth-order valence-corrected chi connectivity index (χ4v) is 4.14. The molecule has 0 heterocycles. The number of hydrogen-bond donors (Lipinski definition) is 1. The predicted octanol–water partition coefficient (Wildman–Crippen LogP) is 4.00. The number of amides is 1. The highest BCUT2D eigenvalue weighted by atomic mass is 32.2. The van der Waals surface area contributed by atoms with Crippen molar-refractivity contribution in [3.05, 3.63) is 90.5 Å². The lowest BCUT2D eigenvalue weighted by molar-refractivity contribution is -0.152. The summed E-state index contributed by atoms with van der Waals surface area (Å²) >= 11 is 0. The van der Waals surface area contributed by atoms with Crippen LogP contribution in [-0.2, 0) is 30.8 Å². The highest BCUT2D eigenvalue weighted by Gasteiger charge is 2.21. The zero-order chi connectivity index (χ0) is 23.7. The molecule has 1 atom stereocenters. The summed E-state index contributed by atoms with van der Waals surface area (Å²) in [7, 11) is -3.60. The number of rotatable bonds is 10. The maximum atomic E-state index is 12.3. The first-order valence-electron chi connectivity index (χ1n) is 10.4. The standard InChI is InChI=1S/C25H25NO6S/c1-19(32-24(27)16-17-33(29,30)23-10-6-3-7-11-23)25(28)26-21-12-14-22(15-13-21)31-18-20-8-4-2-5-9-20/h2-15,19H,16-18H2,1H3,(H,26,28). The molecule has 1 amide bonds. The van der Waals surface area contributed by atoms with Gasteiger partial charge in [-0.2, -0.15) is 0 Å². The van der Waals surface area contributed by atoms with Crippen LogP contribution in [0, 0.1) is 0 Å². The largest absolute Gasteiger partial charge is 0.489 e. The molecule has 0 aromatic heterocycles. The smallest absolute Gasteiger partial charge is 0.307 e. The Morgan fingerprint density at radius 3 is 2.12 bits per heavy atom. The van der Waals surface area contributed by atoms with Gasteiger partial charge in [0.15, 0.2) is 15.9 Å². The Balaban J connectivity index is 1.44. The van der Waals surface area contributed by atoms with Crippen LogP contribution < -0.4 is 10.1 Å². The number of carbonyl (C=O) groups excluding carboxylic acids is 2. The van der Waals surface area contributed by atoms with E-state index in [1.54, 1.807) is 42.5 Å². The van der Waals surface area contributed by atoms with Gasteiger partial charge in [0.2, 0.25) is 0 Å². The Morgan fingerprint density at radius 1 is 0.879 bits per heavy atom. The number of esters is 1. The van der Waals surface area contributed by atoms with Gasteiger partial charge in [0.25, 0.3) is 5.91 Å². The summed E-state index contributed by atoms with van der Waals surface area (Å²) in [6, 6.07) is 24.4. The molecule has 33 heavy (non-hydrogen) atoms. The van der Waals surface area contributed by atoms with Crippen molar-refractivity contribution in [2.75, 3.05) is 11.1 Å². The van der Waals surface area contributed by atoms with Crippen LogP contribution in [0.3, 0.4) is 0 Å². The highest BCUT2D eigenvalue weighted by molar-refractivity contribution is 7.91. The summed E-state index contributed by atoms with van der Waals surface area (Å²) in [5.74, 6) is -1.03. The summed E-state index contributed by atoms with van der Waals surface area (Å²) < 4.78 is 35.3. The zero-order valence-electron chi connectivity index (χ0n) is 18.1. The van der Waals surface area contributed by atoms with E-state index in [1.807, 2.05) is 30.3 Å². The highest BCUT2D eigenvalue weighted by Crippen LogP contribution is 2.18. The molecule has 3 rings (SSSR count). The lowest BCUT2D eigenvalue weighted by Gasteiger charge is -2.14. The van der Waals surface area contributed by atoms with E-state index in [0.717, 1.165) is 5.56 Å². The molecule has 0 radical (unpaired) electrons. The molecule has 0 aliphatic rings. The van der Waals surface area contributed by atoms with Crippen molar-refractivity contribution in [2.24, 2.45) is 0 Å². The lowest BCUT2D eigenvalue weighted by atomic mass is 10.2. The second-order valence-electron chi connectivity index (χ2n) is 7.30. The molecule has 1 N–H and O–H groups in total. The summed E-state index contributed by atoms with van der Waals surface area (Å²) in [5.41, 5.74) is 1.56. The molecular formula is C25H25NO6S. The van der Waals surface area contributed by atoms with Crippen LogP contribution in [-0.4, -0.2) is 32.2 Å². The topological polar surface area (TPSA) is 98.8 Å². The van der Waals surface area contributed by atoms with Crippen LogP contribution in [0.2, 0.25) is 0 Å². The van der Waals surface area contributed by atoms with Crippen LogP contribution in [0.25, 0.3) is 0 Å². The van der Waals surface area contributed by atoms with E-state index in [0.29, 0.717) is 18.0 Å². The van der Waals surface area contributed by atoms with E-state index >= 15 is 0 Å². The number of hydrogen-bond acceptors (Lipinski definition) is 6. The first kappa shape index (κ1) is 24.0. The molecule has 0 saturated carbocycles. The van der Waals surface area contributed by atoms with Crippen molar-refractivity contribution in [2.45, 2.75) is 31.0 Å². The number of anilines is 1. The fraction of sp³-hybridized carbons (Fsp3) is 0.200. The van der Waals surface area contributed by atoms with E-state index in [9.17, 15) is 18.0 Å². The fourth-order valence-electron chi connectivity index (χ4n) is 2.89. The Morgan fingerprint density at radius 2 is 1.48 bits per heavy atom. The minimum Gasteiger partial charge on any atom is -0.489 e. The Hall–Kier alpha value is -3.65. The number of ether oxygens (including phenoxy) is 2. The van der Waals surface area contributed by atoms with Gasteiger partial charge >= 0.3 is 5.97 Å². The van der Waals surface area contributed by atoms with Crippen LogP contribution in [0.4, 0.5) is 5.69 Å². The van der Waals surface area contributed by atoms with E-state index in [-0.39, 0.29) is 11.3 Å². The van der Waals surface area contributed by atoms with Gasteiger partial charge in [-0.05, 0) is 48.9 Å². The van der Waals surface area contributed by atoms with Crippen molar-refractivity contribution in [1.29, 1.82) is 0 Å². The molecule has 3 aromatic carbocycles. The number of benzene rings is 3. The van der Waals surface area contributed by atoms with Gasteiger partial charge in [-0.25, -0.2) is 8.42 Å². The van der Waals surface area contributed by atoms with Gasteiger partial charge in [0.05, 0.1) is 17.1 Å². The monoisotopic (exact) mass is 467 g/mol. The average molecular weight is 468 g/mol. The molecular weight excluding hydrogens is 442 g/mol. The number of nitrogens with one attached hydrogen (secondary N) is 1. The Labute approximate surface area is 193 Å². The summed E-state index contributed by atoms with van der Waals surface area (Å²) in [4.78, 5) is 24.5. The number of carbonyl (C=O) groups is 2. The molecule has 172 valence electrons. The first-order chi connectivity index (χ1) is 15.8. The van der Waals surface area contributed by atoms with E-state index in [4.69, 9.17) is 9.47 Å². The van der Waals surface area contributed by atoms with Crippen LogP contribution >= 0.6 is 0 Å². The van der Waals surface area contributed by atoms with Crippen molar-refractivity contribution in [3.8, 4) is 5.75 Å². The molecule has 7 nitrogen and oxygen atoms in total. The van der Waals surface area contributed by atoms with Crippen molar-refractivity contribution in [3.63, 3.8) is 0 Å². The molecule has 3 aromatic rings. The summed E-state index contributed by atoms with van der Waals surface area (Å²) in [6.07, 6.45) is -1.42. The second-order valence-corrected chi connectivity index (χ2v) is 9.41. The summed E-state index contributed by atoms with van der Waals surface area (Å²) in [5, 5.41) is 2.66. The van der Waals surface area contributed by atoms with E-state index in [1.165, 1.54) is 19.1 Å². The zero-order valence-corrected chi connectivity index (χ0v) is 19.0. The molecule has 0 aliphatic heterocycles. The normalized spacial score (nSPS) is 11.9.